The van der Waals surface area contributed by atoms with Gasteiger partial charge in [0.15, 0.2) is 11.5 Å². The van der Waals surface area contributed by atoms with E-state index in [2.05, 4.69) is 5.16 Å². The quantitative estimate of drug-likeness (QED) is 0.918. The van der Waals surface area contributed by atoms with Gasteiger partial charge in [0.1, 0.15) is 0 Å². The second-order valence-electron chi connectivity index (χ2n) is 5.57. The molecule has 0 fully saturated rings. The van der Waals surface area contributed by atoms with Gasteiger partial charge >= 0.3 is 0 Å². The summed E-state index contributed by atoms with van der Waals surface area (Å²) in [7, 11) is 0. The van der Waals surface area contributed by atoms with Crippen molar-refractivity contribution in [2.45, 2.75) is 26.4 Å². The minimum absolute atomic E-state index is 0.245. The van der Waals surface area contributed by atoms with Gasteiger partial charge in [-0.2, -0.15) is 0 Å². The summed E-state index contributed by atoms with van der Waals surface area (Å²) in [6.07, 6.45) is 0. The fourth-order valence-electron chi connectivity index (χ4n) is 2.07. The third-order valence-corrected chi connectivity index (χ3v) is 3.03. The van der Waals surface area contributed by atoms with E-state index in [4.69, 9.17) is 4.52 Å². The SMILES string of the molecule is CCN(CC(C)(C)O)C(=O)c1cc(-c2ccccc2)on1. The van der Waals surface area contributed by atoms with Crippen molar-refractivity contribution in [1.82, 2.24) is 10.1 Å². The van der Waals surface area contributed by atoms with Crippen molar-refractivity contribution in [2.24, 2.45) is 0 Å². The number of nitrogens with zero attached hydrogens (tertiary/aromatic N) is 2. The zero-order valence-corrected chi connectivity index (χ0v) is 12.5. The van der Waals surface area contributed by atoms with Gasteiger partial charge in [-0.25, -0.2) is 0 Å². The molecule has 1 aromatic heterocycles. The van der Waals surface area contributed by atoms with Crippen molar-refractivity contribution in [1.29, 1.82) is 0 Å². The van der Waals surface area contributed by atoms with E-state index in [-0.39, 0.29) is 18.1 Å². The number of carbonyl (C=O) groups excluding carboxylic acids is 1. The van der Waals surface area contributed by atoms with Gasteiger partial charge in [0.25, 0.3) is 5.91 Å². The number of benzene rings is 1. The van der Waals surface area contributed by atoms with Crippen LogP contribution in [-0.4, -0.2) is 39.8 Å². The first-order chi connectivity index (χ1) is 9.90. The Labute approximate surface area is 124 Å². The second-order valence-corrected chi connectivity index (χ2v) is 5.57. The minimum atomic E-state index is -0.947. The molecule has 1 N–H and O–H groups in total. The monoisotopic (exact) mass is 288 g/mol. The molecule has 1 aromatic carbocycles. The van der Waals surface area contributed by atoms with E-state index in [0.29, 0.717) is 12.3 Å². The molecule has 0 atom stereocenters. The Morgan fingerprint density at radius 2 is 2.00 bits per heavy atom. The fraction of sp³-hybridized carbons (Fsp3) is 0.375. The largest absolute Gasteiger partial charge is 0.389 e. The Kier molecular flexibility index (Phi) is 4.43. The molecule has 2 rings (SSSR count). The number of carbonyl (C=O) groups is 1. The van der Waals surface area contributed by atoms with Crippen LogP contribution in [0.15, 0.2) is 40.9 Å². The van der Waals surface area contributed by atoms with Crippen LogP contribution in [0.5, 0.6) is 0 Å². The van der Waals surface area contributed by atoms with Crippen LogP contribution in [0.4, 0.5) is 0 Å². The predicted octanol–water partition coefficient (Wildman–Crippen LogP) is 2.57. The van der Waals surface area contributed by atoms with E-state index in [1.165, 1.54) is 0 Å². The Morgan fingerprint density at radius 3 is 2.57 bits per heavy atom. The van der Waals surface area contributed by atoms with Crippen LogP contribution in [0.25, 0.3) is 11.3 Å². The maximum absolute atomic E-state index is 12.4. The van der Waals surface area contributed by atoms with E-state index < -0.39 is 5.60 Å². The van der Waals surface area contributed by atoms with Crippen molar-refractivity contribution in [3.63, 3.8) is 0 Å². The Bertz CT molecular complexity index is 599. The molecule has 0 unspecified atom stereocenters. The van der Waals surface area contributed by atoms with Crippen LogP contribution >= 0.6 is 0 Å². The van der Waals surface area contributed by atoms with Crippen LogP contribution in [0.3, 0.4) is 0 Å². The third kappa shape index (κ3) is 3.92. The molecule has 0 saturated carbocycles. The third-order valence-electron chi connectivity index (χ3n) is 3.03. The van der Waals surface area contributed by atoms with Crippen LogP contribution < -0.4 is 0 Å². The van der Waals surface area contributed by atoms with E-state index in [9.17, 15) is 9.90 Å². The minimum Gasteiger partial charge on any atom is -0.389 e. The second kappa shape index (κ2) is 6.10. The summed E-state index contributed by atoms with van der Waals surface area (Å²) in [6.45, 7) is 5.94. The summed E-state index contributed by atoms with van der Waals surface area (Å²) in [5.74, 6) is 0.309. The van der Waals surface area contributed by atoms with E-state index >= 15 is 0 Å². The molecule has 1 heterocycles. The number of aliphatic hydroxyl groups is 1. The molecule has 0 bridgehead atoms. The van der Waals surface area contributed by atoms with Crippen LogP contribution in [0, 0.1) is 0 Å². The van der Waals surface area contributed by atoms with Crippen molar-refractivity contribution in [3.05, 3.63) is 42.1 Å². The lowest BCUT2D eigenvalue weighted by molar-refractivity contribution is 0.0309. The topological polar surface area (TPSA) is 66.6 Å². The molecule has 0 saturated heterocycles. The summed E-state index contributed by atoms with van der Waals surface area (Å²) in [6, 6.07) is 11.1. The summed E-state index contributed by atoms with van der Waals surface area (Å²) in [5.41, 5.74) is 0.173. The van der Waals surface area contributed by atoms with Gasteiger partial charge in [-0.05, 0) is 20.8 Å². The number of hydrogen-bond acceptors (Lipinski definition) is 4. The lowest BCUT2D eigenvalue weighted by atomic mass is 10.1. The van der Waals surface area contributed by atoms with Crippen LogP contribution in [0.2, 0.25) is 0 Å². The highest BCUT2D eigenvalue weighted by molar-refractivity contribution is 5.93. The summed E-state index contributed by atoms with van der Waals surface area (Å²) in [4.78, 5) is 13.9. The maximum atomic E-state index is 12.4. The standard InChI is InChI=1S/C16H20N2O3/c1-4-18(11-16(2,3)20)15(19)13-10-14(21-17-13)12-8-6-5-7-9-12/h5-10,20H,4,11H2,1-3H3. The summed E-state index contributed by atoms with van der Waals surface area (Å²) in [5, 5.41) is 13.7. The molecule has 112 valence electrons. The number of rotatable bonds is 5. The van der Waals surface area contributed by atoms with Gasteiger partial charge in [0.05, 0.1) is 5.60 Å². The van der Waals surface area contributed by atoms with Gasteiger partial charge in [-0.15, -0.1) is 0 Å². The molecule has 1 amide bonds. The van der Waals surface area contributed by atoms with Crippen molar-refractivity contribution in [2.75, 3.05) is 13.1 Å². The molecule has 5 heteroatoms. The lowest BCUT2D eigenvalue weighted by Crippen LogP contribution is -2.42. The Morgan fingerprint density at radius 1 is 1.33 bits per heavy atom. The molecular weight excluding hydrogens is 268 g/mol. The van der Waals surface area contributed by atoms with Gasteiger partial charge in [0, 0.05) is 24.7 Å². The van der Waals surface area contributed by atoms with Gasteiger partial charge in [0.2, 0.25) is 0 Å². The first kappa shape index (κ1) is 15.3. The van der Waals surface area contributed by atoms with Gasteiger partial charge < -0.3 is 14.5 Å². The van der Waals surface area contributed by atoms with E-state index in [1.807, 2.05) is 37.3 Å². The smallest absolute Gasteiger partial charge is 0.276 e. The van der Waals surface area contributed by atoms with Crippen LogP contribution in [0.1, 0.15) is 31.3 Å². The zero-order chi connectivity index (χ0) is 15.5. The van der Waals surface area contributed by atoms with Crippen molar-refractivity contribution < 1.29 is 14.4 Å². The molecule has 0 aliphatic heterocycles. The first-order valence-electron chi connectivity index (χ1n) is 6.94. The molecule has 0 aliphatic rings. The van der Waals surface area contributed by atoms with Crippen molar-refractivity contribution >= 4 is 5.91 Å². The van der Waals surface area contributed by atoms with Crippen LogP contribution in [-0.2, 0) is 0 Å². The average Bonchev–Trinajstić information content (AvgIpc) is 2.94. The average molecular weight is 288 g/mol. The van der Waals surface area contributed by atoms with Gasteiger partial charge in [-0.3, -0.25) is 4.79 Å². The maximum Gasteiger partial charge on any atom is 0.276 e. The zero-order valence-electron chi connectivity index (χ0n) is 12.5. The Hall–Kier alpha value is -2.14. The number of amides is 1. The molecule has 2 aromatic rings. The summed E-state index contributed by atoms with van der Waals surface area (Å²) < 4.78 is 5.24. The number of likely N-dealkylation sites (N-methyl/N-ethyl adjacent to an activating group) is 1. The molecule has 0 spiro atoms. The normalized spacial score (nSPS) is 11.4. The molecule has 0 aliphatic carbocycles. The number of hydrogen-bond donors (Lipinski definition) is 1. The lowest BCUT2D eigenvalue weighted by Gasteiger charge is -2.27. The Balaban J connectivity index is 2.18. The highest BCUT2D eigenvalue weighted by Crippen LogP contribution is 2.20. The molecule has 5 nitrogen and oxygen atoms in total. The van der Waals surface area contributed by atoms with E-state index in [0.717, 1.165) is 5.56 Å². The highest BCUT2D eigenvalue weighted by Gasteiger charge is 2.24. The van der Waals surface area contributed by atoms with E-state index in [1.54, 1.807) is 24.8 Å². The molecule has 0 radical (unpaired) electrons. The first-order valence-corrected chi connectivity index (χ1v) is 6.94. The summed E-state index contributed by atoms with van der Waals surface area (Å²) >= 11 is 0. The molecule has 21 heavy (non-hydrogen) atoms. The van der Waals surface area contributed by atoms with Gasteiger partial charge in [-0.1, -0.05) is 35.5 Å². The molecular formula is C16H20N2O3. The number of aromatic nitrogens is 1. The van der Waals surface area contributed by atoms with Crippen molar-refractivity contribution in [3.8, 4) is 11.3 Å². The highest BCUT2D eigenvalue weighted by atomic mass is 16.5. The fourth-order valence-corrected chi connectivity index (χ4v) is 2.07. The predicted molar refractivity (Wildman–Crippen MR) is 79.8 cm³/mol.